The van der Waals surface area contributed by atoms with Crippen molar-refractivity contribution >= 4 is 18.2 Å². The lowest BCUT2D eigenvalue weighted by atomic mass is 9.88. The summed E-state index contributed by atoms with van der Waals surface area (Å²) < 4.78 is 7.64. The Hall–Kier alpha value is -1.14. The van der Waals surface area contributed by atoms with Crippen LogP contribution in [0.15, 0.2) is 47.4 Å². The first-order chi connectivity index (χ1) is 16.6. The summed E-state index contributed by atoms with van der Waals surface area (Å²) in [4.78, 5) is 13.4. The van der Waals surface area contributed by atoms with Gasteiger partial charge in [-0.15, -0.1) is 0 Å². The number of ether oxygens (including phenoxy) is 1. The Morgan fingerprint density at radius 3 is 2.09 bits per heavy atom. The minimum absolute atomic E-state index is 0.204. The van der Waals surface area contributed by atoms with E-state index in [0.717, 1.165) is 38.9 Å². The number of rotatable bonds is 13. The molecule has 0 aliphatic carbocycles. The SMILES string of the molecule is CC.CC(C)C=O.CC/C=C\C=C/C(C)(C)CCN1CCN(SC(/C=C\COC)=C/C(C)C)CC1. The van der Waals surface area contributed by atoms with Gasteiger partial charge in [0.05, 0.1) is 6.61 Å². The number of carbonyl (C=O) groups is 1. The largest absolute Gasteiger partial charge is 0.381 e. The van der Waals surface area contributed by atoms with Crippen LogP contribution in [0, 0.1) is 17.3 Å². The predicted molar refractivity (Wildman–Crippen MR) is 159 cm³/mol. The number of hydrogen-bond acceptors (Lipinski definition) is 5. The number of nitrogens with zero attached hydrogens (tertiary/aromatic N) is 2. The third kappa shape index (κ3) is 23.0. The monoisotopic (exact) mass is 508 g/mol. The topological polar surface area (TPSA) is 32.8 Å². The summed E-state index contributed by atoms with van der Waals surface area (Å²) in [6, 6.07) is 0. The maximum absolute atomic E-state index is 9.50. The van der Waals surface area contributed by atoms with Gasteiger partial charge in [-0.2, -0.15) is 0 Å². The fourth-order valence-electron chi connectivity index (χ4n) is 2.96. The van der Waals surface area contributed by atoms with Crippen LogP contribution in [0.25, 0.3) is 0 Å². The zero-order valence-electron chi connectivity index (χ0n) is 24.5. The van der Waals surface area contributed by atoms with E-state index >= 15 is 0 Å². The molecule has 0 bridgehead atoms. The highest BCUT2D eigenvalue weighted by Crippen LogP contribution is 2.27. The van der Waals surface area contributed by atoms with Crippen LogP contribution in [-0.2, 0) is 9.53 Å². The molecule has 0 aromatic heterocycles. The molecule has 0 radical (unpaired) electrons. The molecule has 4 nitrogen and oxygen atoms in total. The Bertz CT molecular complexity index is 614. The summed E-state index contributed by atoms with van der Waals surface area (Å²) in [6.07, 6.45) is 18.8. The van der Waals surface area contributed by atoms with Gasteiger partial charge in [0.2, 0.25) is 0 Å². The van der Waals surface area contributed by atoms with Crippen molar-refractivity contribution < 1.29 is 9.53 Å². The first kappa shape index (κ1) is 36.0. The van der Waals surface area contributed by atoms with E-state index < -0.39 is 0 Å². The number of methoxy groups -OCH3 is 1. The first-order valence-electron chi connectivity index (χ1n) is 13.5. The third-order valence-electron chi connectivity index (χ3n) is 4.98. The minimum atomic E-state index is 0.204. The van der Waals surface area contributed by atoms with Crippen LogP contribution in [0.5, 0.6) is 0 Å². The normalized spacial score (nSPS) is 16.2. The van der Waals surface area contributed by atoms with Crippen molar-refractivity contribution in [2.24, 2.45) is 17.3 Å². The fraction of sp³-hybridized carbons (Fsp3) is 0.700. The van der Waals surface area contributed by atoms with E-state index in [1.165, 1.54) is 17.9 Å². The molecule has 1 saturated heterocycles. The van der Waals surface area contributed by atoms with Gasteiger partial charge < -0.3 is 14.4 Å². The summed E-state index contributed by atoms with van der Waals surface area (Å²) in [6.45, 7) is 25.4. The smallest absolute Gasteiger partial charge is 0.122 e. The molecule has 0 aromatic rings. The molecule has 1 heterocycles. The van der Waals surface area contributed by atoms with Crippen LogP contribution < -0.4 is 0 Å². The van der Waals surface area contributed by atoms with Crippen molar-refractivity contribution in [2.75, 3.05) is 46.4 Å². The van der Waals surface area contributed by atoms with E-state index in [1.807, 2.05) is 39.6 Å². The molecule has 0 aromatic carbocycles. The lowest BCUT2D eigenvalue weighted by Crippen LogP contribution is -2.44. The van der Waals surface area contributed by atoms with Crippen molar-refractivity contribution in [3.05, 3.63) is 47.4 Å². The standard InChI is InChI=1S/C24H42N2OS.C4H8O.C2H6/c1-7-8-9-10-13-24(4,5)14-15-25-16-18-26(19-17-25)28-23(21-22(2)3)12-11-20-27-6;1-4(2)3-5;1-2/h8-13,21-22H,7,14-20H2,1-6H3;3-4H,1-2H3;1-2H3/b9-8-,12-11-,13-10-,23-21+;;. The number of piperazine rings is 1. The molecule has 1 fully saturated rings. The van der Waals surface area contributed by atoms with Crippen LogP contribution in [0.2, 0.25) is 0 Å². The molecule has 204 valence electrons. The van der Waals surface area contributed by atoms with E-state index in [0.29, 0.717) is 12.5 Å². The van der Waals surface area contributed by atoms with Crippen LogP contribution in [0.1, 0.15) is 75.2 Å². The van der Waals surface area contributed by atoms with Gasteiger partial charge in [-0.05, 0) is 48.7 Å². The molecule has 0 atom stereocenters. The summed E-state index contributed by atoms with van der Waals surface area (Å²) >= 11 is 1.89. The second-order valence-electron chi connectivity index (χ2n) is 9.85. The van der Waals surface area contributed by atoms with Crippen molar-refractivity contribution in [1.29, 1.82) is 0 Å². The molecule has 0 N–H and O–H groups in total. The second-order valence-corrected chi connectivity index (χ2v) is 11.0. The highest BCUT2D eigenvalue weighted by Gasteiger charge is 2.21. The minimum Gasteiger partial charge on any atom is -0.381 e. The van der Waals surface area contributed by atoms with Gasteiger partial charge in [0.25, 0.3) is 0 Å². The highest BCUT2D eigenvalue weighted by molar-refractivity contribution is 8.01. The fourth-order valence-corrected chi connectivity index (χ4v) is 4.09. The van der Waals surface area contributed by atoms with Crippen molar-refractivity contribution in [3.8, 4) is 0 Å². The summed E-state index contributed by atoms with van der Waals surface area (Å²) in [5.41, 5.74) is 0.253. The predicted octanol–water partition coefficient (Wildman–Crippen LogP) is 7.80. The Kier molecular flexibility index (Phi) is 23.9. The lowest BCUT2D eigenvalue weighted by molar-refractivity contribution is -0.110. The molecule has 35 heavy (non-hydrogen) atoms. The van der Waals surface area contributed by atoms with Crippen molar-refractivity contribution in [2.45, 2.75) is 75.2 Å². The summed E-state index contributed by atoms with van der Waals surface area (Å²) in [5.74, 6) is 0.758. The average Bonchev–Trinajstić information content (AvgIpc) is 2.83. The molecule has 5 heteroatoms. The maximum atomic E-state index is 9.50. The molecular weight excluding hydrogens is 452 g/mol. The molecule has 0 amide bonds. The van der Waals surface area contributed by atoms with Gasteiger partial charge in [-0.25, -0.2) is 4.31 Å². The average molecular weight is 509 g/mol. The Balaban J connectivity index is 0. The van der Waals surface area contributed by atoms with Crippen molar-refractivity contribution in [1.82, 2.24) is 9.21 Å². The van der Waals surface area contributed by atoms with Gasteiger partial charge in [0, 0.05) is 44.1 Å². The van der Waals surface area contributed by atoms with E-state index in [9.17, 15) is 4.79 Å². The summed E-state index contributed by atoms with van der Waals surface area (Å²) in [5, 5.41) is 0. The third-order valence-corrected chi connectivity index (χ3v) is 6.09. The van der Waals surface area contributed by atoms with E-state index in [2.05, 4.69) is 86.4 Å². The van der Waals surface area contributed by atoms with Crippen LogP contribution >= 0.6 is 11.9 Å². The highest BCUT2D eigenvalue weighted by atomic mass is 32.2. The zero-order chi connectivity index (χ0) is 27.1. The van der Waals surface area contributed by atoms with Gasteiger partial charge in [0.15, 0.2) is 0 Å². The van der Waals surface area contributed by atoms with Crippen LogP contribution in [0.4, 0.5) is 0 Å². The molecule has 1 aliphatic rings. The summed E-state index contributed by atoms with van der Waals surface area (Å²) in [7, 11) is 1.74. The number of carbonyl (C=O) groups excluding carboxylic acids is 1. The molecule has 1 aliphatic heterocycles. The first-order valence-corrected chi connectivity index (χ1v) is 14.2. The second kappa shape index (κ2) is 23.3. The van der Waals surface area contributed by atoms with Crippen LogP contribution in [0.3, 0.4) is 0 Å². The zero-order valence-corrected chi connectivity index (χ0v) is 25.4. The number of aldehydes is 1. The molecular formula is C30H56N2O2S. The van der Waals surface area contributed by atoms with Gasteiger partial charge >= 0.3 is 0 Å². The van der Waals surface area contributed by atoms with E-state index in [-0.39, 0.29) is 11.3 Å². The lowest BCUT2D eigenvalue weighted by Gasteiger charge is -2.35. The van der Waals surface area contributed by atoms with Crippen LogP contribution in [-0.4, -0.2) is 61.9 Å². The molecule has 0 spiro atoms. The molecule has 0 saturated carbocycles. The number of allylic oxidation sites excluding steroid dienone is 6. The van der Waals surface area contributed by atoms with Gasteiger partial charge in [-0.1, -0.05) is 98.8 Å². The maximum Gasteiger partial charge on any atom is 0.122 e. The Morgan fingerprint density at radius 1 is 1.00 bits per heavy atom. The molecule has 0 unspecified atom stereocenters. The Labute approximate surface area is 223 Å². The van der Waals surface area contributed by atoms with E-state index in [1.54, 1.807) is 7.11 Å². The quantitative estimate of drug-likeness (QED) is 0.144. The van der Waals surface area contributed by atoms with Gasteiger partial charge in [-0.3, -0.25) is 0 Å². The Morgan fingerprint density at radius 2 is 1.60 bits per heavy atom. The van der Waals surface area contributed by atoms with Gasteiger partial charge in [0.1, 0.15) is 6.29 Å². The number of hydrogen-bond donors (Lipinski definition) is 0. The van der Waals surface area contributed by atoms with E-state index in [4.69, 9.17) is 4.74 Å². The van der Waals surface area contributed by atoms with Crippen molar-refractivity contribution in [3.63, 3.8) is 0 Å². The molecule has 1 rings (SSSR count).